The van der Waals surface area contributed by atoms with Crippen LogP contribution in [0.1, 0.15) is 28.8 Å². The first-order valence-corrected chi connectivity index (χ1v) is 9.25. The molecule has 0 aliphatic heterocycles. The minimum Gasteiger partial charge on any atom is -0.462 e. The lowest BCUT2D eigenvalue weighted by Crippen LogP contribution is -2.15. The van der Waals surface area contributed by atoms with Crippen LogP contribution < -0.4 is 5.56 Å². The third kappa shape index (κ3) is 3.43. The van der Waals surface area contributed by atoms with Gasteiger partial charge in [-0.2, -0.15) is 0 Å². The van der Waals surface area contributed by atoms with Crippen LogP contribution in [-0.2, 0) is 9.53 Å². The topological polar surface area (TPSA) is 72.0 Å². The van der Waals surface area contributed by atoms with Crippen LogP contribution >= 0.6 is 22.9 Å². The number of nitrogens with one attached hydrogen (secondary N) is 1. The molecule has 26 heavy (non-hydrogen) atoms. The van der Waals surface area contributed by atoms with Crippen molar-refractivity contribution in [1.29, 1.82) is 0 Å². The molecule has 3 rings (SSSR count). The summed E-state index contributed by atoms with van der Waals surface area (Å²) in [5.74, 6) is -0.401. The zero-order valence-electron chi connectivity index (χ0n) is 14.6. The van der Waals surface area contributed by atoms with Crippen molar-refractivity contribution >= 4 is 50.8 Å². The van der Waals surface area contributed by atoms with Crippen LogP contribution in [0.3, 0.4) is 0 Å². The number of halogens is 1. The number of thiophene rings is 1. The molecule has 5 nitrogen and oxygen atoms in total. The highest BCUT2D eigenvalue weighted by atomic mass is 35.5. The number of benzene rings is 1. The number of nitrogens with zero attached hydrogens (tertiary/aromatic N) is 1. The van der Waals surface area contributed by atoms with Gasteiger partial charge in [0.2, 0.25) is 0 Å². The fourth-order valence-corrected chi connectivity index (χ4v) is 3.78. The highest BCUT2D eigenvalue weighted by molar-refractivity contribution is 7.18. The number of rotatable bonds is 4. The van der Waals surface area contributed by atoms with Gasteiger partial charge in [-0.05, 0) is 44.0 Å². The van der Waals surface area contributed by atoms with E-state index in [1.807, 2.05) is 19.9 Å². The van der Waals surface area contributed by atoms with Crippen molar-refractivity contribution in [1.82, 2.24) is 9.97 Å². The minimum absolute atomic E-state index is 0.155. The third-order valence-electron chi connectivity index (χ3n) is 3.99. The van der Waals surface area contributed by atoms with Gasteiger partial charge in [0, 0.05) is 9.90 Å². The third-order valence-corrected chi connectivity index (χ3v) is 5.44. The molecule has 3 aromatic rings. The first-order chi connectivity index (χ1) is 12.4. The molecule has 0 atom stereocenters. The first kappa shape index (κ1) is 18.4. The number of hydrogen-bond acceptors (Lipinski definition) is 5. The Bertz CT molecular complexity index is 1080. The number of aromatic amines is 1. The monoisotopic (exact) mass is 388 g/mol. The number of carbonyl (C=O) groups is 1. The molecule has 1 N–H and O–H groups in total. The SMILES string of the molecule is CCOC(=O)/C(=C\c1ccccc1Cl)c1nc2sc(C)c(C)c2c(=O)[nH]1. The number of aryl methyl sites for hydroxylation is 2. The summed E-state index contributed by atoms with van der Waals surface area (Å²) >= 11 is 7.62. The van der Waals surface area contributed by atoms with Crippen molar-refractivity contribution in [2.75, 3.05) is 6.61 Å². The molecule has 0 saturated heterocycles. The molecule has 1 aromatic carbocycles. The van der Waals surface area contributed by atoms with Gasteiger partial charge in [-0.25, -0.2) is 9.78 Å². The highest BCUT2D eigenvalue weighted by Gasteiger charge is 2.20. The summed E-state index contributed by atoms with van der Waals surface area (Å²) in [5, 5.41) is 1.04. The normalized spacial score (nSPS) is 11.8. The van der Waals surface area contributed by atoms with Gasteiger partial charge in [0.25, 0.3) is 5.56 Å². The number of esters is 1. The molecule has 0 fully saturated rings. The number of H-pyrrole nitrogens is 1. The fourth-order valence-electron chi connectivity index (χ4n) is 2.56. The fraction of sp³-hybridized carbons (Fsp3) is 0.211. The van der Waals surface area contributed by atoms with Gasteiger partial charge < -0.3 is 9.72 Å². The molecule has 0 unspecified atom stereocenters. The van der Waals surface area contributed by atoms with Crippen LogP contribution in [0.25, 0.3) is 21.9 Å². The van der Waals surface area contributed by atoms with Crippen molar-refractivity contribution in [3.05, 3.63) is 61.5 Å². The van der Waals surface area contributed by atoms with E-state index in [0.717, 1.165) is 10.4 Å². The van der Waals surface area contributed by atoms with E-state index in [-0.39, 0.29) is 23.6 Å². The van der Waals surface area contributed by atoms with Crippen molar-refractivity contribution in [2.45, 2.75) is 20.8 Å². The predicted octanol–water partition coefficient (Wildman–Crippen LogP) is 4.36. The Balaban J connectivity index is 2.23. The molecule has 0 bridgehead atoms. The Morgan fingerprint density at radius 3 is 2.77 bits per heavy atom. The summed E-state index contributed by atoms with van der Waals surface area (Å²) in [7, 11) is 0. The van der Waals surface area contributed by atoms with E-state index in [4.69, 9.17) is 16.3 Å². The molecule has 0 aliphatic rings. The smallest absolute Gasteiger partial charge is 0.341 e. The second-order valence-corrected chi connectivity index (χ2v) is 7.29. The van der Waals surface area contributed by atoms with Crippen molar-refractivity contribution in [3.63, 3.8) is 0 Å². The van der Waals surface area contributed by atoms with Gasteiger partial charge in [0.1, 0.15) is 16.2 Å². The van der Waals surface area contributed by atoms with E-state index < -0.39 is 5.97 Å². The summed E-state index contributed by atoms with van der Waals surface area (Å²) in [6.07, 6.45) is 1.58. The van der Waals surface area contributed by atoms with Gasteiger partial charge >= 0.3 is 5.97 Å². The van der Waals surface area contributed by atoms with Gasteiger partial charge in [0.05, 0.1) is 12.0 Å². The first-order valence-electron chi connectivity index (χ1n) is 8.06. The molecule has 0 radical (unpaired) electrons. The maximum Gasteiger partial charge on any atom is 0.341 e. The maximum absolute atomic E-state index is 12.5. The number of carbonyl (C=O) groups excluding carboxylic acids is 1. The van der Waals surface area contributed by atoms with Crippen LogP contribution in [0, 0.1) is 13.8 Å². The Hall–Kier alpha value is -2.44. The van der Waals surface area contributed by atoms with Crippen LogP contribution in [0.15, 0.2) is 29.1 Å². The van der Waals surface area contributed by atoms with E-state index in [1.165, 1.54) is 11.3 Å². The van der Waals surface area contributed by atoms with E-state index in [2.05, 4.69) is 9.97 Å². The lowest BCUT2D eigenvalue weighted by molar-refractivity contribution is -0.136. The average Bonchev–Trinajstić information content (AvgIpc) is 2.89. The molecule has 0 amide bonds. The van der Waals surface area contributed by atoms with Crippen molar-refractivity contribution < 1.29 is 9.53 Å². The van der Waals surface area contributed by atoms with E-state index in [0.29, 0.717) is 20.8 Å². The highest BCUT2D eigenvalue weighted by Crippen LogP contribution is 2.28. The maximum atomic E-state index is 12.5. The zero-order chi connectivity index (χ0) is 18.8. The van der Waals surface area contributed by atoms with Crippen LogP contribution in [0.4, 0.5) is 0 Å². The van der Waals surface area contributed by atoms with E-state index in [9.17, 15) is 9.59 Å². The Morgan fingerprint density at radius 1 is 1.35 bits per heavy atom. The molecule has 0 saturated carbocycles. The Morgan fingerprint density at radius 2 is 2.08 bits per heavy atom. The Kier molecular flexibility index (Phi) is 5.25. The second-order valence-electron chi connectivity index (χ2n) is 5.68. The Labute approximate surface area is 159 Å². The molecular formula is C19H17ClN2O3S. The molecule has 0 aliphatic carbocycles. The number of fused-ring (bicyclic) bond motifs is 1. The van der Waals surface area contributed by atoms with E-state index >= 15 is 0 Å². The number of aromatic nitrogens is 2. The number of ether oxygens (including phenoxy) is 1. The summed E-state index contributed by atoms with van der Waals surface area (Å²) in [6, 6.07) is 7.11. The molecule has 134 valence electrons. The van der Waals surface area contributed by atoms with Gasteiger partial charge in [-0.1, -0.05) is 29.8 Å². The summed E-state index contributed by atoms with van der Waals surface area (Å²) in [4.78, 5) is 33.8. The van der Waals surface area contributed by atoms with Crippen molar-refractivity contribution in [3.8, 4) is 0 Å². The van der Waals surface area contributed by atoms with Gasteiger partial charge in [-0.3, -0.25) is 4.79 Å². The van der Waals surface area contributed by atoms with Crippen LogP contribution in [0.5, 0.6) is 0 Å². The van der Waals surface area contributed by atoms with Crippen LogP contribution in [0.2, 0.25) is 5.02 Å². The van der Waals surface area contributed by atoms with E-state index in [1.54, 1.807) is 31.2 Å². The summed E-state index contributed by atoms with van der Waals surface area (Å²) < 4.78 is 5.14. The lowest BCUT2D eigenvalue weighted by Gasteiger charge is -2.08. The molecular weight excluding hydrogens is 372 g/mol. The van der Waals surface area contributed by atoms with Crippen LogP contribution in [-0.4, -0.2) is 22.5 Å². The van der Waals surface area contributed by atoms with Gasteiger partial charge in [-0.15, -0.1) is 11.3 Å². The zero-order valence-corrected chi connectivity index (χ0v) is 16.1. The van der Waals surface area contributed by atoms with Crippen molar-refractivity contribution in [2.24, 2.45) is 0 Å². The average molecular weight is 389 g/mol. The summed E-state index contributed by atoms with van der Waals surface area (Å²) in [5.41, 5.74) is 1.42. The minimum atomic E-state index is -0.570. The lowest BCUT2D eigenvalue weighted by atomic mass is 10.1. The van der Waals surface area contributed by atoms with Gasteiger partial charge in [0.15, 0.2) is 0 Å². The standard InChI is InChI=1S/C19H17ClN2O3S/c1-4-25-19(24)13(9-12-7-5-6-8-14(12)20)16-21-17(23)15-10(2)11(3)26-18(15)22-16/h5-9H,4H2,1-3H3,(H,21,22,23)/b13-9-. The largest absolute Gasteiger partial charge is 0.462 e. The summed E-state index contributed by atoms with van der Waals surface area (Å²) in [6.45, 7) is 5.75. The molecule has 2 aromatic heterocycles. The molecule has 2 heterocycles. The molecule has 7 heteroatoms. The second kappa shape index (κ2) is 7.43. The quantitative estimate of drug-likeness (QED) is 0.532. The number of hydrogen-bond donors (Lipinski definition) is 1. The molecule has 0 spiro atoms. The predicted molar refractivity (Wildman–Crippen MR) is 106 cm³/mol.